The third-order valence-corrected chi connectivity index (χ3v) is 3.75. The Kier molecular flexibility index (Phi) is 3.79. The number of ether oxygens (including phenoxy) is 1. The molecule has 17 heavy (non-hydrogen) atoms. The summed E-state index contributed by atoms with van der Waals surface area (Å²) in [5, 5.41) is 4.10. The highest BCUT2D eigenvalue weighted by molar-refractivity contribution is 6.33. The minimum absolute atomic E-state index is 0.417. The van der Waals surface area contributed by atoms with Crippen LogP contribution in [0.1, 0.15) is 19.3 Å². The van der Waals surface area contributed by atoms with E-state index in [0.717, 1.165) is 25.3 Å². The largest absolute Gasteiger partial charge is 0.399 e. The summed E-state index contributed by atoms with van der Waals surface area (Å²) in [5.74, 6) is 0. The number of methoxy groups -OCH3 is 1. The van der Waals surface area contributed by atoms with Gasteiger partial charge in [-0.15, -0.1) is 0 Å². The molecule has 0 amide bonds. The molecule has 94 valence electrons. The van der Waals surface area contributed by atoms with Crippen molar-refractivity contribution in [1.82, 2.24) is 0 Å². The van der Waals surface area contributed by atoms with E-state index in [1.165, 1.54) is 12.8 Å². The first-order valence-electron chi connectivity index (χ1n) is 5.93. The Balaban J connectivity index is 1.89. The second-order valence-corrected chi connectivity index (χ2v) is 5.24. The van der Waals surface area contributed by atoms with Crippen molar-refractivity contribution in [3.05, 3.63) is 23.2 Å². The molecular formula is C13H19ClN2O. The van der Waals surface area contributed by atoms with Crippen LogP contribution in [0.2, 0.25) is 5.02 Å². The molecule has 0 unspecified atom stereocenters. The molecule has 1 saturated carbocycles. The van der Waals surface area contributed by atoms with Crippen molar-refractivity contribution in [2.45, 2.75) is 19.3 Å². The Morgan fingerprint density at radius 2 is 2.24 bits per heavy atom. The lowest BCUT2D eigenvalue weighted by Gasteiger charge is -2.17. The molecule has 2 rings (SSSR count). The second kappa shape index (κ2) is 5.15. The van der Waals surface area contributed by atoms with Crippen LogP contribution in [0.15, 0.2) is 18.2 Å². The predicted molar refractivity (Wildman–Crippen MR) is 72.5 cm³/mol. The van der Waals surface area contributed by atoms with Crippen molar-refractivity contribution < 1.29 is 4.74 Å². The number of hydrogen-bond donors (Lipinski definition) is 2. The second-order valence-electron chi connectivity index (χ2n) is 4.84. The quantitative estimate of drug-likeness (QED) is 0.767. The molecule has 0 spiro atoms. The highest BCUT2D eigenvalue weighted by Gasteiger charge is 2.41. The number of nitrogens with two attached hydrogens (primary N) is 1. The highest BCUT2D eigenvalue weighted by Crippen LogP contribution is 2.48. The number of nitrogen functional groups attached to an aromatic ring is 1. The maximum atomic E-state index is 6.12. The zero-order valence-electron chi connectivity index (χ0n) is 10.1. The Hall–Kier alpha value is -0.930. The molecule has 0 saturated heterocycles. The van der Waals surface area contributed by atoms with Gasteiger partial charge >= 0.3 is 0 Å². The molecule has 1 aromatic carbocycles. The van der Waals surface area contributed by atoms with E-state index in [4.69, 9.17) is 22.1 Å². The molecule has 1 aromatic rings. The normalized spacial score (nSPS) is 16.8. The molecule has 3 nitrogen and oxygen atoms in total. The van der Waals surface area contributed by atoms with Gasteiger partial charge in [-0.2, -0.15) is 0 Å². The van der Waals surface area contributed by atoms with Gasteiger partial charge in [0.25, 0.3) is 0 Å². The average Bonchev–Trinajstić information content (AvgIpc) is 3.06. The van der Waals surface area contributed by atoms with Crippen molar-refractivity contribution in [2.24, 2.45) is 5.41 Å². The van der Waals surface area contributed by atoms with Crippen LogP contribution in [0.4, 0.5) is 11.4 Å². The molecule has 0 radical (unpaired) electrons. The van der Waals surface area contributed by atoms with Crippen molar-refractivity contribution in [2.75, 3.05) is 31.3 Å². The third kappa shape index (κ3) is 3.27. The summed E-state index contributed by atoms with van der Waals surface area (Å²) >= 11 is 6.12. The van der Waals surface area contributed by atoms with Crippen LogP contribution in [0, 0.1) is 5.41 Å². The first-order valence-corrected chi connectivity index (χ1v) is 6.31. The van der Waals surface area contributed by atoms with E-state index >= 15 is 0 Å². The molecule has 0 bridgehead atoms. The lowest BCUT2D eigenvalue weighted by atomic mass is 10.0. The van der Waals surface area contributed by atoms with E-state index in [2.05, 4.69) is 5.32 Å². The number of rotatable bonds is 6. The van der Waals surface area contributed by atoms with Gasteiger partial charge in [-0.1, -0.05) is 11.6 Å². The van der Waals surface area contributed by atoms with Crippen LogP contribution in [-0.4, -0.2) is 20.3 Å². The molecule has 3 N–H and O–H groups in total. The van der Waals surface area contributed by atoms with E-state index in [0.29, 0.717) is 16.1 Å². The van der Waals surface area contributed by atoms with Gasteiger partial charge in [0.2, 0.25) is 0 Å². The Labute approximate surface area is 107 Å². The van der Waals surface area contributed by atoms with E-state index in [-0.39, 0.29) is 0 Å². The highest BCUT2D eigenvalue weighted by atomic mass is 35.5. The van der Waals surface area contributed by atoms with E-state index in [1.54, 1.807) is 13.2 Å². The molecule has 0 heterocycles. The zero-order valence-corrected chi connectivity index (χ0v) is 10.9. The molecule has 0 aliphatic heterocycles. The van der Waals surface area contributed by atoms with Crippen molar-refractivity contribution >= 4 is 23.0 Å². The van der Waals surface area contributed by atoms with E-state index in [1.807, 2.05) is 12.1 Å². The summed E-state index contributed by atoms with van der Waals surface area (Å²) in [6, 6.07) is 5.58. The molecule has 0 aromatic heterocycles. The fourth-order valence-electron chi connectivity index (χ4n) is 1.97. The number of anilines is 2. The summed E-state index contributed by atoms with van der Waals surface area (Å²) in [5.41, 5.74) is 7.73. The predicted octanol–water partition coefficient (Wildman–Crippen LogP) is 3.15. The third-order valence-electron chi connectivity index (χ3n) is 3.44. The Morgan fingerprint density at radius 3 is 2.82 bits per heavy atom. The summed E-state index contributed by atoms with van der Waals surface area (Å²) in [7, 11) is 1.75. The number of nitrogens with one attached hydrogen (secondary N) is 1. The van der Waals surface area contributed by atoms with Gasteiger partial charge in [-0.25, -0.2) is 0 Å². The van der Waals surface area contributed by atoms with Gasteiger partial charge < -0.3 is 15.8 Å². The SMILES string of the molecule is COCCC1(CNc2ccc(N)cc2Cl)CC1. The Bertz CT molecular complexity index is 391. The van der Waals surface area contributed by atoms with Crippen LogP contribution < -0.4 is 11.1 Å². The molecule has 1 fully saturated rings. The fraction of sp³-hybridized carbons (Fsp3) is 0.538. The van der Waals surface area contributed by atoms with Crippen LogP contribution in [-0.2, 0) is 4.74 Å². The zero-order chi connectivity index (χ0) is 12.3. The van der Waals surface area contributed by atoms with Crippen LogP contribution >= 0.6 is 11.6 Å². The summed E-state index contributed by atoms with van der Waals surface area (Å²) < 4.78 is 5.14. The minimum Gasteiger partial charge on any atom is -0.399 e. The molecule has 4 heteroatoms. The van der Waals surface area contributed by atoms with Gasteiger partial charge in [0.15, 0.2) is 0 Å². The molecule has 0 atom stereocenters. The molecule has 1 aliphatic carbocycles. The standard InChI is InChI=1S/C13H19ClN2O/c1-17-7-6-13(4-5-13)9-16-12-3-2-10(15)8-11(12)14/h2-3,8,16H,4-7,9,15H2,1H3. The summed E-state index contributed by atoms with van der Waals surface area (Å²) in [6.45, 7) is 1.79. The van der Waals surface area contributed by atoms with Gasteiger partial charge in [0.1, 0.15) is 0 Å². The van der Waals surface area contributed by atoms with E-state index in [9.17, 15) is 0 Å². The fourth-order valence-corrected chi connectivity index (χ4v) is 2.22. The van der Waals surface area contributed by atoms with Gasteiger partial charge in [0, 0.05) is 25.9 Å². The van der Waals surface area contributed by atoms with Gasteiger partial charge in [0.05, 0.1) is 10.7 Å². The summed E-state index contributed by atoms with van der Waals surface area (Å²) in [4.78, 5) is 0. The number of halogens is 1. The first kappa shape index (κ1) is 12.5. The van der Waals surface area contributed by atoms with Crippen molar-refractivity contribution in [1.29, 1.82) is 0 Å². The number of benzene rings is 1. The van der Waals surface area contributed by atoms with Crippen LogP contribution in [0.3, 0.4) is 0 Å². The van der Waals surface area contributed by atoms with Crippen molar-refractivity contribution in [3.8, 4) is 0 Å². The van der Waals surface area contributed by atoms with E-state index < -0.39 is 0 Å². The molecular weight excluding hydrogens is 236 g/mol. The smallest absolute Gasteiger partial charge is 0.0657 e. The lowest BCUT2D eigenvalue weighted by molar-refractivity contribution is 0.175. The van der Waals surface area contributed by atoms with Crippen LogP contribution in [0.25, 0.3) is 0 Å². The summed E-state index contributed by atoms with van der Waals surface area (Å²) in [6.07, 6.45) is 3.66. The Morgan fingerprint density at radius 1 is 1.47 bits per heavy atom. The first-order chi connectivity index (χ1) is 8.15. The van der Waals surface area contributed by atoms with Crippen LogP contribution in [0.5, 0.6) is 0 Å². The monoisotopic (exact) mass is 254 g/mol. The topological polar surface area (TPSA) is 47.3 Å². The van der Waals surface area contributed by atoms with Gasteiger partial charge in [-0.3, -0.25) is 0 Å². The average molecular weight is 255 g/mol. The van der Waals surface area contributed by atoms with Gasteiger partial charge in [-0.05, 0) is 42.9 Å². The lowest BCUT2D eigenvalue weighted by Crippen LogP contribution is -2.17. The van der Waals surface area contributed by atoms with Crippen molar-refractivity contribution in [3.63, 3.8) is 0 Å². The maximum Gasteiger partial charge on any atom is 0.0657 e. The number of hydrogen-bond acceptors (Lipinski definition) is 3. The maximum absolute atomic E-state index is 6.12. The molecule has 1 aliphatic rings. The minimum atomic E-state index is 0.417.